The molecule has 1 aromatic carbocycles. The van der Waals surface area contributed by atoms with Crippen LogP contribution in [0.4, 0.5) is 0 Å². The maximum atomic E-state index is 11.5. The highest BCUT2D eigenvalue weighted by Gasteiger charge is 2.56. The van der Waals surface area contributed by atoms with Gasteiger partial charge in [0.1, 0.15) is 5.60 Å². The number of hydrogen-bond acceptors (Lipinski definition) is 4. The number of carbonyl (C=O) groups excluding carboxylic acids is 1. The van der Waals surface area contributed by atoms with Crippen molar-refractivity contribution in [2.24, 2.45) is 5.92 Å². The minimum atomic E-state index is -0.504. The molecule has 0 aliphatic carbocycles. The minimum Gasteiger partial charge on any atom is -0.463 e. The maximum absolute atomic E-state index is 11.5. The zero-order valence-corrected chi connectivity index (χ0v) is 13.5. The maximum Gasteiger partial charge on any atom is 0.330 e. The Morgan fingerprint density at radius 1 is 1.36 bits per heavy atom. The van der Waals surface area contributed by atoms with Crippen molar-refractivity contribution in [3.05, 3.63) is 48.0 Å². The molecule has 1 aliphatic heterocycles. The Bertz CT molecular complexity index is 509. The second kappa shape index (κ2) is 7.56. The molecule has 1 saturated heterocycles. The van der Waals surface area contributed by atoms with Crippen molar-refractivity contribution in [1.82, 2.24) is 0 Å². The van der Waals surface area contributed by atoms with E-state index in [9.17, 15) is 4.79 Å². The summed E-state index contributed by atoms with van der Waals surface area (Å²) in [7, 11) is 0. The van der Waals surface area contributed by atoms with E-state index in [1.54, 1.807) is 13.0 Å². The van der Waals surface area contributed by atoms with Gasteiger partial charge in [-0.3, -0.25) is 0 Å². The van der Waals surface area contributed by atoms with Gasteiger partial charge in [0.05, 0.1) is 25.9 Å². The van der Waals surface area contributed by atoms with Crippen molar-refractivity contribution in [2.45, 2.75) is 39.1 Å². The van der Waals surface area contributed by atoms with Crippen molar-refractivity contribution < 1.29 is 19.0 Å². The van der Waals surface area contributed by atoms with E-state index in [1.807, 2.05) is 30.3 Å². The molecule has 0 aromatic heterocycles. The molecule has 2 atom stereocenters. The fraction of sp³-hybridized carbons (Fsp3) is 0.500. The van der Waals surface area contributed by atoms with Crippen molar-refractivity contribution in [1.29, 1.82) is 0 Å². The first-order chi connectivity index (χ1) is 10.6. The molecule has 0 N–H and O–H groups in total. The Morgan fingerprint density at radius 3 is 2.68 bits per heavy atom. The first-order valence-corrected chi connectivity index (χ1v) is 7.73. The fourth-order valence-corrected chi connectivity index (χ4v) is 2.50. The zero-order chi connectivity index (χ0) is 16.0. The lowest BCUT2D eigenvalue weighted by Crippen LogP contribution is -2.23. The van der Waals surface area contributed by atoms with Crippen molar-refractivity contribution >= 4 is 5.97 Å². The molecule has 0 unspecified atom stereocenters. The summed E-state index contributed by atoms with van der Waals surface area (Å²) < 4.78 is 16.5. The first-order valence-electron chi connectivity index (χ1n) is 7.73. The largest absolute Gasteiger partial charge is 0.463 e. The standard InChI is InChI=1S/C18H24O4/c1-4-21-16(19)10-11-18(17(22-18)14(2)3)13-20-12-15-8-6-5-7-9-15/h5-11,14,17H,4,12-13H2,1-3H3/b11-10+/t17-,18+/m0/s1. The fourth-order valence-electron chi connectivity index (χ4n) is 2.50. The lowest BCUT2D eigenvalue weighted by molar-refractivity contribution is -0.137. The van der Waals surface area contributed by atoms with Gasteiger partial charge in [-0.15, -0.1) is 0 Å². The Morgan fingerprint density at radius 2 is 2.09 bits per heavy atom. The van der Waals surface area contributed by atoms with Gasteiger partial charge in [0.25, 0.3) is 0 Å². The molecule has 1 fully saturated rings. The van der Waals surface area contributed by atoms with Gasteiger partial charge in [0, 0.05) is 6.08 Å². The van der Waals surface area contributed by atoms with Gasteiger partial charge in [-0.1, -0.05) is 44.2 Å². The van der Waals surface area contributed by atoms with Crippen LogP contribution in [0.1, 0.15) is 26.3 Å². The molecule has 4 nitrogen and oxygen atoms in total. The summed E-state index contributed by atoms with van der Waals surface area (Å²) in [5.74, 6) is 0.0233. The Balaban J connectivity index is 1.91. The van der Waals surface area contributed by atoms with Gasteiger partial charge in [0.15, 0.2) is 0 Å². The molecule has 2 rings (SSSR count). The summed E-state index contributed by atoms with van der Waals surface area (Å²) in [5, 5.41) is 0. The van der Waals surface area contributed by atoms with E-state index in [1.165, 1.54) is 6.08 Å². The Labute approximate surface area is 132 Å². The van der Waals surface area contributed by atoms with Crippen LogP contribution in [-0.4, -0.2) is 30.9 Å². The number of epoxide rings is 1. The van der Waals surface area contributed by atoms with Crippen LogP contribution in [0, 0.1) is 5.92 Å². The molecular weight excluding hydrogens is 280 g/mol. The summed E-state index contributed by atoms with van der Waals surface area (Å²) in [6.07, 6.45) is 3.30. The predicted molar refractivity (Wildman–Crippen MR) is 84.3 cm³/mol. The van der Waals surface area contributed by atoms with Crippen LogP contribution in [0.15, 0.2) is 42.5 Å². The highest BCUT2D eigenvalue weighted by Crippen LogP contribution is 2.43. The number of esters is 1. The van der Waals surface area contributed by atoms with Gasteiger partial charge >= 0.3 is 5.97 Å². The highest BCUT2D eigenvalue weighted by molar-refractivity contribution is 5.82. The summed E-state index contributed by atoms with van der Waals surface area (Å²) in [6.45, 7) is 7.32. The molecule has 120 valence electrons. The van der Waals surface area contributed by atoms with E-state index < -0.39 is 5.60 Å². The average Bonchev–Trinajstić information content (AvgIpc) is 3.22. The van der Waals surface area contributed by atoms with Gasteiger partial charge < -0.3 is 14.2 Å². The van der Waals surface area contributed by atoms with Gasteiger partial charge in [-0.25, -0.2) is 4.79 Å². The second-order valence-electron chi connectivity index (χ2n) is 5.80. The normalized spacial score (nSPS) is 23.9. The van der Waals surface area contributed by atoms with E-state index in [0.717, 1.165) is 5.56 Å². The van der Waals surface area contributed by atoms with Crippen LogP contribution >= 0.6 is 0 Å². The van der Waals surface area contributed by atoms with Crippen molar-refractivity contribution in [3.8, 4) is 0 Å². The zero-order valence-electron chi connectivity index (χ0n) is 13.5. The molecule has 1 aliphatic rings. The molecule has 0 bridgehead atoms. The highest BCUT2D eigenvalue weighted by atomic mass is 16.6. The van der Waals surface area contributed by atoms with Crippen LogP contribution in [-0.2, 0) is 25.6 Å². The smallest absolute Gasteiger partial charge is 0.330 e. The number of benzene rings is 1. The number of ether oxygens (including phenoxy) is 3. The van der Waals surface area contributed by atoms with E-state index in [0.29, 0.717) is 25.7 Å². The second-order valence-corrected chi connectivity index (χ2v) is 5.80. The molecular formula is C18H24O4. The molecule has 0 amide bonds. The number of hydrogen-bond donors (Lipinski definition) is 0. The molecule has 1 aromatic rings. The monoisotopic (exact) mass is 304 g/mol. The summed E-state index contributed by atoms with van der Waals surface area (Å²) in [6, 6.07) is 9.99. The molecule has 0 radical (unpaired) electrons. The molecule has 4 heteroatoms. The summed E-state index contributed by atoms with van der Waals surface area (Å²) >= 11 is 0. The van der Waals surface area contributed by atoms with E-state index in [2.05, 4.69) is 13.8 Å². The van der Waals surface area contributed by atoms with Gasteiger partial charge in [0.2, 0.25) is 0 Å². The third kappa shape index (κ3) is 4.42. The molecule has 0 spiro atoms. The Hall–Kier alpha value is -1.65. The van der Waals surface area contributed by atoms with E-state index in [-0.39, 0.29) is 12.1 Å². The van der Waals surface area contributed by atoms with Gasteiger partial charge in [-0.2, -0.15) is 0 Å². The third-order valence-electron chi connectivity index (χ3n) is 3.60. The van der Waals surface area contributed by atoms with Crippen LogP contribution in [0.25, 0.3) is 0 Å². The lowest BCUT2D eigenvalue weighted by Gasteiger charge is -2.11. The number of rotatable bonds is 8. The quantitative estimate of drug-likeness (QED) is 0.420. The van der Waals surface area contributed by atoms with Crippen molar-refractivity contribution in [2.75, 3.05) is 13.2 Å². The minimum absolute atomic E-state index is 0.0777. The van der Waals surface area contributed by atoms with Crippen LogP contribution in [0.5, 0.6) is 0 Å². The van der Waals surface area contributed by atoms with E-state index >= 15 is 0 Å². The molecule has 22 heavy (non-hydrogen) atoms. The summed E-state index contributed by atoms with van der Waals surface area (Å²) in [5.41, 5.74) is 0.615. The average molecular weight is 304 g/mol. The summed E-state index contributed by atoms with van der Waals surface area (Å²) in [4.78, 5) is 11.5. The van der Waals surface area contributed by atoms with Crippen molar-refractivity contribution in [3.63, 3.8) is 0 Å². The van der Waals surface area contributed by atoms with Crippen LogP contribution in [0.3, 0.4) is 0 Å². The predicted octanol–water partition coefficient (Wildman–Crippen LogP) is 3.12. The lowest BCUT2D eigenvalue weighted by atomic mass is 9.97. The number of carbonyl (C=O) groups is 1. The van der Waals surface area contributed by atoms with E-state index in [4.69, 9.17) is 14.2 Å². The first kappa shape index (κ1) is 16.7. The van der Waals surface area contributed by atoms with Crippen LogP contribution < -0.4 is 0 Å². The molecule has 1 heterocycles. The SMILES string of the molecule is CCOC(=O)/C=C/[C@]1(COCc2ccccc2)O[C@H]1C(C)C. The third-order valence-corrected chi connectivity index (χ3v) is 3.60. The topological polar surface area (TPSA) is 48.1 Å². The van der Waals surface area contributed by atoms with Crippen LogP contribution in [0.2, 0.25) is 0 Å². The molecule has 0 saturated carbocycles. The Kier molecular flexibility index (Phi) is 5.75. The van der Waals surface area contributed by atoms with Gasteiger partial charge in [-0.05, 0) is 24.5 Å².